The molecule has 0 saturated carbocycles. The number of rotatable bonds is 2. The van der Waals surface area contributed by atoms with Crippen LogP contribution in [0.4, 0.5) is 0 Å². The molecule has 2 saturated heterocycles. The fourth-order valence-corrected chi connectivity index (χ4v) is 3.40. The molecule has 100 valence electrons. The predicted octanol–water partition coefficient (Wildman–Crippen LogP) is 1.53. The maximum atomic E-state index is 6.01. The average molecular weight is 239 g/mol. The Balaban J connectivity index is 1.79. The van der Waals surface area contributed by atoms with Crippen molar-refractivity contribution in [1.29, 1.82) is 0 Å². The summed E-state index contributed by atoms with van der Waals surface area (Å²) in [7, 11) is 2.25. The Morgan fingerprint density at radius 2 is 1.71 bits per heavy atom. The Kier molecular flexibility index (Phi) is 4.83. The van der Waals surface area contributed by atoms with Crippen molar-refractivity contribution in [3.05, 3.63) is 0 Å². The minimum absolute atomic E-state index is 0.386. The first kappa shape index (κ1) is 13.3. The van der Waals surface area contributed by atoms with Gasteiger partial charge in [0.1, 0.15) is 0 Å². The van der Waals surface area contributed by atoms with E-state index < -0.39 is 0 Å². The summed E-state index contributed by atoms with van der Waals surface area (Å²) in [6, 6.07) is 1.23. The van der Waals surface area contributed by atoms with Gasteiger partial charge in [-0.1, -0.05) is 0 Å². The van der Waals surface area contributed by atoms with E-state index in [-0.39, 0.29) is 0 Å². The van der Waals surface area contributed by atoms with Gasteiger partial charge in [0.05, 0.1) is 0 Å². The van der Waals surface area contributed by atoms with Crippen LogP contribution in [0.1, 0.15) is 39.0 Å². The molecule has 0 aromatic heterocycles. The van der Waals surface area contributed by atoms with Crippen LogP contribution in [0.15, 0.2) is 0 Å². The molecule has 0 amide bonds. The quantitative estimate of drug-likeness (QED) is 0.793. The maximum Gasteiger partial charge on any atom is 0.0108 e. The van der Waals surface area contributed by atoms with Crippen molar-refractivity contribution in [2.24, 2.45) is 11.7 Å². The monoisotopic (exact) mass is 239 g/mol. The number of nitrogens with two attached hydrogens (primary N) is 1. The van der Waals surface area contributed by atoms with Gasteiger partial charge >= 0.3 is 0 Å². The molecular formula is C14H29N3. The van der Waals surface area contributed by atoms with Gasteiger partial charge in [-0.3, -0.25) is 0 Å². The summed E-state index contributed by atoms with van der Waals surface area (Å²) >= 11 is 0. The van der Waals surface area contributed by atoms with Crippen molar-refractivity contribution in [2.45, 2.75) is 51.1 Å². The minimum Gasteiger partial charge on any atom is -0.328 e. The van der Waals surface area contributed by atoms with E-state index in [4.69, 9.17) is 5.73 Å². The zero-order chi connectivity index (χ0) is 12.3. The van der Waals surface area contributed by atoms with E-state index in [1.54, 1.807) is 0 Å². The van der Waals surface area contributed by atoms with Gasteiger partial charge in [0.25, 0.3) is 0 Å². The maximum absolute atomic E-state index is 6.01. The molecule has 2 aliphatic heterocycles. The van der Waals surface area contributed by atoms with Crippen molar-refractivity contribution in [3.63, 3.8) is 0 Å². The van der Waals surface area contributed by atoms with Crippen molar-refractivity contribution in [1.82, 2.24) is 9.80 Å². The van der Waals surface area contributed by atoms with Gasteiger partial charge in [0.2, 0.25) is 0 Å². The molecule has 2 unspecified atom stereocenters. The zero-order valence-electron chi connectivity index (χ0n) is 11.6. The Hall–Kier alpha value is -0.120. The molecule has 2 atom stereocenters. The molecule has 0 spiro atoms. The van der Waals surface area contributed by atoms with Crippen molar-refractivity contribution in [2.75, 3.05) is 33.2 Å². The summed E-state index contributed by atoms with van der Waals surface area (Å²) in [5.74, 6) is 0.764. The third-order valence-electron chi connectivity index (χ3n) is 4.76. The fourth-order valence-electron chi connectivity index (χ4n) is 3.40. The molecule has 2 heterocycles. The van der Waals surface area contributed by atoms with Crippen LogP contribution in [0.2, 0.25) is 0 Å². The molecule has 3 heteroatoms. The number of nitrogens with zero attached hydrogens (tertiary/aromatic N) is 2. The van der Waals surface area contributed by atoms with Crippen molar-refractivity contribution in [3.8, 4) is 0 Å². The van der Waals surface area contributed by atoms with Gasteiger partial charge in [0, 0.05) is 12.1 Å². The van der Waals surface area contributed by atoms with E-state index in [0.29, 0.717) is 6.04 Å². The van der Waals surface area contributed by atoms with Crippen LogP contribution >= 0.6 is 0 Å². The van der Waals surface area contributed by atoms with Gasteiger partial charge in [-0.15, -0.1) is 0 Å². The molecule has 2 fully saturated rings. The van der Waals surface area contributed by atoms with E-state index in [1.165, 1.54) is 58.3 Å². The minimum atomic E-state index is 0.386. The van der Waals surface area contributed by atoms with Crippen LogP contribution in [-0.2, 0) is 0 Å². The van der Waals surface area contributed by atoms with E-state index in [2.05, 4.69) is 23.8 Å². The number of piperidine rings is 1. The normalized spacial score (nSPS) is 32.3. The third kappa shape index (κ3) is 3.67. The average Bonchev–Trinajstić information content (AvgIpc) is 2.54. The van der Waals surface area contributed by atoms with Crippen LogP contribution < -0.4 is 5.73 Å². The van der Waals surface area contributed by atoms with Gasteiger partial charge in [-0.25, -0.2) is 0 Å². The van der Waals surface area contributed by atoms with E-state index in [9.17, 15) is 0 Å². The number of hydrogen-bond donors (Lipinski definition) is 1. The Morgan fingerprint density at radius 3 is 2.35 bits per heavy atom. The first-order valence-corrected chi connectivity index (χ1v) is 7.35. The number of likely N-dealkylation sites (tertiary alicyclic amines) is 2. The summed E-state index contributed by atoms with van der Waals surface area (Å²) in [5, 5.41) is 0. The second-order valence-corrected chi connectivity index (χ2v) is 6.12. The highest BCUT2D eigenvalue weighted by Gasteiger charge is 2.27. The lowest BCUT2D eigenvalue weighted by atomic mass is 9.89. The summed E-state index contributed by atoms with van der Waals surface area (Å²) in [5.41, 5.74) is 6.01. The highest BCUT2D eigenvalue weighted by atomic mass is 15.2. The van der Waals surface area contributed by atoms with Gasteiger partial charge in [-0.05, 0) is 78.2 Å². The summed E-state index contributed by atoms with van der Waals surface area (Å²) in [4.78, 5) is 5.22. The number of hydrogen-bond acceptors (Lipinski definition) is 3. The second-order valence-electron chi connectivity index (χ2n) is 6.12. The van der Waals surface area contributed by atoms with Crippen LogP contribution in [0.3, 0.4) is 0 Å². The Bertz CT molecular complexity index is 222. The summed E-state index contributed by atoms with van der Waals surface area (Å²) in [6.45, 7) is 7.28. The SMILES string of the molecule is CC(N)C1CCN(C2CCCN(C)CC2)CC1. The molecule has 0 aliphatic carbocycles. The lowest BCUT2D eigenvalue weighted by molar-refractivity contribution is 0.115. The first-order chi connectivity index (χ1) is 8.16. The van der Waals surface area contributed by atoms with Crippen LogP contribution in [0, 0.1) is 5.92 Å². The lowest BCUT2D eigenvalue weighted by Crippen LogP contribution is -2.44. The molecule has 2 N–H and O–H groups in total. The zero-order valence-corrected chi connectivity index (χ0v) is 11.6. The summed E-state index contributed by atoms with van der Waals surface area (Å²) in [6.07, 6.45) is 6.74. The van der Waals surface area contributed by atoms with E-state index in [0.717, 1.165) is 12.0 Å². The highest BCUT2D eigenvalue weighted by Crippen LogP contribution is 2.24. The van der Waals surface area contributed by atoms with Crippen molar-refractivity contribution >= 4 is 0 Å². The van der Waals surface area contributed by atoms with Crippen LogP contribution in [-0.4, -0.2) is 55.1 Å². The van der Waals surface area contributed by atoms with Crippen LogP contribution in [0.5, 0.6) is 0 Å². The van der Waals surface area contributed by atoms with Gasteiger partial charge in [0.15, 0.2) is 0 Å². The fraction of sp³-hybridized carbons (Fsp3) is 1.00. The van der Waals surface area contributed by atoms with Crippen LogP contribution in [0.25, 0.3) is 0 Å². The highest BCUT2D eigenvalue weighted by molar-refractivity contribution is 4.83. The Morgan fingerprint density at radius 1 is 1.00 bits per heavy atom. The molecule has 17 heavy (non-hydrogen) atoms. The predicted molar refractivity (Wildman–Crippen MR) is 73.1 cm³/mol. The molecule has 2 rings (SSSR count). The molecular weight excluding hydrogens is 210 g/mol. The van der Waals surface area contributed by atoms with Gasteiger partial charge in [-0.2, -0.15) is 0 Å². The molecule has 2 aliphatic rings. The molecule has 0 radical (unpaired) electrons. The second kappa shape index (κ2) is 6.17. The first-order valence-electron chi connectivity index (χ1n) is 7.35. The molecule has 0 aromatic rings. The molecule has 0 bridgehead atoms. The molecule has 3 nitrogen and oxygen atoms in total. The lowest BCUT2D eigenvalue weighted by Gasteiger charge is -2.38. The van der Waals surface area contributed by atoms with E-state index >= 15 is 0 Å². The van der Waals surface area contributed by atoms with Gasteiger partial charge < -0.3 is 15.5 Å². The smallest absolute Gasteiger partial charge is 0.0108 e. The standard InChI is InChI=1S/C14H29N3/c1-12(15)13-5-10-17(11-6-13)14-4-3-8-16(2)9-7-14/h12-14H,3-11,15H2,1-2H3. The van der Waals surface area contributed by atoms with Crippen molar-refractivity contribution < 1.29 is 0 Å². The van der Waals surface area contributed by atoms with E-state index in [1.807, 2.05) is 0 Å². The summed E-state index contributed by atoms with van der Waals surface area (Å²) < 4.78 is 0. The topological polar surface area (TPSA) is 32.5 Å². The Labute approximate surface area is 106 Å². The largest absolute Gasteiger partial charge is 0.328 e. The molecule has 0 aromatic carbocycles. The third-order valence-corrected chi connectivity index (χ3v) is 4.76.